The first-order valence-electron chi connectivity index (χ1n) is 2.21. The van der Waals surface area contributed by atoms with E-state index in [1.165, 1.54) is 0 Å². The first-order valence-corrected chi connectivity index (χ1v) is 13.0. The van der Waals surface area contributed by atoms with E-state index < -0.39 is 18.7 Å². The van der Waals surface area contributed by atoms with Crippen LogP contribution in [0.4, 0.5) is 12.6 Å². The van der Waals surface area contributed by atoms with Gasteiger partial charge in [0.2, 0.25) is 0 Å². The third-order valence-corrected chi connectivity index (χ3v) is 13.5. The van der Waals surface area contributed by atoms with Gasteiger partial charge in [-0.3, -0.25) is 0 Å². The van der Waals surface area contributed by atoms with Crippen LogP contribution in [0, 0.1) is 0 Å². The zero-order valence-corrected chi connectivity index (χ0v) is 12.4. The molecule has 0 bridgehead atoms. The summed E-state index contributed by atoms with van der Waals surface area (Å²) in [7, 11) is 0. The molecule has 0 aliphatic carbocycles. The molecule has 72 valence electrons. The van der Waals surface area contributed by atoms with Crippen molar-refractivity contribution in [3.05, 3.63) is 0 Å². The number of halogens is 6. The minimum atomic E-state index is -3.86. The summed E-state index contributed by atoms with van der Waals surface area (Å²) in [5.74, 6) is 0. The van der Waals surface area contributed by atoms with E-state index in [0.29, 0.717) is 0 Å². The van der Waals surface area contributed by atoms with Crippen molar-refractivity contribution in [2.24, 2.45) is 13.5 Å². The Kier molecular flexibility index (Phi) is 3.49. The molecule has 0 spiro atoms. The van der Waals surface area contributed by atoms with Crippen LogP contribution < -0.4 is 0 Å². The van der Waals surface area contributed by atoms with Crippen LogP contribution in [0.2, 0.25) is 0 Å². The van der Waals surface area contributed by atoms with Gasteiger partial charge >= 0.3 is 18.7 Å². The zero-order valence-electron chi connectivity index (χ0n) is 4.95. The summed E-state index contributed by atoms with van der Waals surface area (Å²) in [5.41, 5.74) is 0. The molecule has 0 aromatic rings. The van der Waals surface area contributed by atoms with E-state index in [0.717, 1.165) is 0 Å². The topological polar surface area (TPSA) is 37.1 Å². The van der Waals surface area contributed by atoms with Gasteiger partial charge < -0.3 is 0 Å². The monoisotopic (exact) mass is 429 g/mol. The lowest BCUT2D eigenvalue weighted by Crippen LogP contribution is -1.63. The van der Waals surface area contributed by atoms with Crippen molar-refractivity contribution >= 4 is 65.1 Å². The second kappa shape index (κ2) is 3.49. The van der Waals surface area contributed by atoms with E-state index in [2.05, 4.69) is 60.0 Å². The van der Waals surface area contributed by atoms with Crippen LogP contribution in [0.3, 0.4) is 0 Å². The summed E-state index contributed by atoms with van der Waals surface area (Å²) >= 11 is 7.23. The first kappa shape index (κ1) is 12.0. The molecule has 3 nitrogen and oxygen atoms in total. The molecule has 0 amide bonds. The second-order valence-electron chi connectivity index (χ2n) is 1.64. The summed E-state index contributed by atoms with van der Waals surface area (Å²) in [6.07, 6.45) is -11.6. The standard InChI is InChI=1S/Br3F3N3P3/c1-10(4)7-11(2,5)9-12(3,6)8-10. The van der Waals surface area contributed by atoms with Crippen molar-refractivity contribution in [2.75, 3.05) is 0 Å². The number of hydrogen-bond donors (Lipinski definition) is 0. The molecule has 0 radical (unpaired) electrons. The van der Waals surface area contributed by atoms with Crippen LogP contribution in [0.15, 0.2) is 13.5 Å². The molecule has 1 heterocycles. The molecule has 0 unspecified atom stereocenters. The van der Waals surface area contributed by atoms with E-state index in [-0.39, 0.29) is 0 Å². The predicted molar refractivity (Wildman–Crippen MR) is 58.1 cm³/mol. The van der Waals surface area contributed by atoms with E-state index in [9.17, 15) is 12.6 Å². The molecule has 0 aromatic carbocycles. The van der Waals surface area contributed by atoms with Gasteiger partial charge in [-0.2, -0.15) is 26.1 Å². The van der Waals surface area contributed by atoms with Gasteiger partial charge in [-0.05, 0) is 0 Å². The normalized spacial score (nSPS) is 53.5. The molecule has 0 fully saturated rings. The van der Waals surface area contributed by atoms with E-state index >= 15 is 0 Å². The van der Waals surface area contributed by atoms with Crippen LogP contribution in [0.5, 0.6) is 0 Å². The fraction of sp³-hybridized carbons (Fsp3) is 0. The van der Waals surface area contributed by atoms with Gasteiger partial charge in [0.25, 0.3) is 0 Å². The van der Waals surface area contributed by atoms with Crippen LogP contribution in [0.25, 0.3) is 0 Å². The fourth-order valence-corrected chi connectivity index (χ4v) is 20.2. The molecule has 12 heavy (non-hydrogen) atoms. The van der Waals surface area contributed by atoms with Gasteiger partial charge in [-0.25, -0.2) is 0 Å². The predicted octanol–water partition coefficient (Wildman–Crippen LogP) is 6.93. The molecule has 12 heteroatoms. The maximum atomic E-state index is 13.0. The molecule has 0 saturated heterocycles. The minimum absolute atomic E-state index is 2.41. The molecule has 0 N–H and O–H groups in total. The van der Waals surface area contributed by atoms with Crippen LogP contribution in [-0.4, -0.2) is 0 Å². The van der Waals surface area contributed by atoms with Crippen LogP contribution in [0.1, 0.15) is 0 Å². The second-order valence-corrected chi connectivity index (χ2v) is 14.6. The Bertz CT molecular complexity index is 281. The zero-order chi connectivity index (χ0) is 9.62. The lowest BCUT2D eigenvalue weighted by molar-refractivity contribution is 0.865. The van der Waals surface area contributed by atoms with Crippen molar-refractivity contribution < 1.29 is 12.6 Å². The van der Waals surface area contributed by atoms with Gasteiger partial charge in [0.05, 0.1) is 0 Å². The first-order chi connectivity index (χ1) is 5.12. The van der Waals surface area contributed by atoms with Crippen LogP contribution in [-0.2, 0) is 0 Å². The lowest BCUT2D eigenvalue weighted by Gasteiger charge is -2.13. The Morgan fingerprint density at radius 3 is 1.00 bits per heavy atom. The Balaban J connectivity index is 3.46. The van der Waals surface area contributed by atoms with E-state index in [1.54, 1.807) is 0 Å². The van der Waals surface area contributed by atoms with Gasteiger partial charge in [0.1, 0.15) is 0 Å². The summed E-state index contributed by atoms with van der Waals surface area (Å²) in [6, 6.07) is 0. The summed E-state index contributed by atoms with van der Waals surface area (Å²) in [5, 5.41) is 0. The molecule has 0 atom stereocenters. The molecule has 0 aromatic heterocycles. The van der Waals surface area contributed by atoms with Gasteiger partial charge in [0.15, 0.2) is 0 Å². The van der Waals surface area contributed by atoms with Gasteiger partial charge in [-0.15, -0.1) is 0 Å². The summed E-state index contributed by atoms with van der Waals surface area (Å²) < 4.78 is 48.0. The highest BCUT2D eigenvalue weighted by Crippen LogP contribution is 2.87. The third-order valence-electron chi connectivity index (χ3n) is 0.646. The van der Waals surface area contributed by atoms with E-state index in [4.69, 9.17) is 0 Å². The Morgan fingerprint density at radius 2 is 0.833 bits per heavy atom. The largest absolute Gasteiger partial charge is 0.314 e. The Labute approximate surface area is 90.8 Å². The van der Waals surface area contributed by atoms with Crippen molar-refractivity contribution in [1.29, 1.82) is 0 Å². The van der Waals surface area contributed by atoms with Gasteiger partial charge in [0, 0.05) is 46.5 Å². The highest BCUT2D eigenvalue weighted by Gasteiger charge is 2.33. The maximum absolute atomic E-state index is 13.0. The molecule has 0 saturated carbocycles. The molecule has 1 rings (SSSR count). The summed E-state index contributed by atoms with van der Waals surface area (Å²) in [4.78, 5) is 0. The lowest BCUT2D eigenvalue weighted by atomic mass is 13.8. The van der Waals surface area contributed by atoms with Crippen LogP contribution >= 0.6 is 65.1 Å². The molecular weight excluding hydrogens is 432 g/mol. The smallest absolute Gasteiger partial charge is 0.170 e. The van der Waals surface area contributed by atoms with Crippen molar-refractivity contribution in [3.63, 3.8) is 0 Å². The maximum Gasteiger partial charge on any atom is 0.314 e. The fourth-order valence-electron chi connectivity index (χ4n) is 0.442. The average Bonchev–Trinajstić information content (AvgIpc) is 1.44. The number of rotatable bonds is 0. The van der Waals surface area contributed by atoms with Crippen molar-refractivity contribution in [2.45, 2.75) is 0 Å². The quantitative estimate of drug-likeness (QED) is 0.373. The molecule has 1 aliphatic heterocycles. The van der Waals surface area contributed by atoms with E-state index in [1.807, 2.05) is 0 Å². The molecule has 1 aliphatic rings. The minimum Gasteiger partial charge on any atom is -0.170 e. The number of nitrogens with zero attached hydrogens (tertiary/aromatic N) is 3. The highest BCUT2D eigenvalue weighted by molar-refractivity contribution is 9.44. The highest BCUT2D eigenvalue weighted by atomic mass is 79.9. The number of hydrogen-bond acceptors (Lipinski definition) is 3. The SMILES string of the molecule is FP1(Br)=NP(F)(Br)=NP(F)(Br)=N1. The van der Waals surface area contributed by atoms with Crippen molar-refractivity contribution in [3.8, 4) is 0 Å². The Hall–Kier alpha value is 1.92. The molecular formula is Br3F3N3P3. The van der Waals surface area contributed by atoms with Gasteiger partial charge in [-0.1, -0.05) is 0 Å². The third kappa shape index (κ3) is 3.58. The summed E-state index contributed by atoms with van der Waals surface area (Å²) in [6.45, 7) is 0. The van der Waals surface area contributed by atoms with Crippen molar-refractivity contribution in [1.82, 2.24) is 0 Å². The average molecular weight is 432 g/mol. The Morgan fingerprint density at radius 1 is 0.667 bits per heavy atom.